The number of carbonyl (C=O) groups is 2. The van der Waals surface area contributed by atoms with Crippen LogP contribution in [0.3, 0.4) is 0 Å². The van der Waals surface area contributed by atoms with Gasteiger partial charge in [-0.25, -0.2) is 4.79 Å². The van der Waals surface area contributed by atoms with E-state index in [0.29, 0.717) is 18.3 Å². The number of amides is 2. The van der Waals surface area contributed by atoms with E-state index in [1.807, 2.05) is 30.3 Å². The maximum atomic E-state index is 12.4. The number of aliphatic carboxylic acids is 1. The highest BCUT2D eigenvalue weighted by molar-refractivity contribution is 5.74. The van der Waals surface area contributed by atoms with Gasteiger partial charge in [-0.05, 0) is 62.3 Å². The van der Waals surface area contributed by atoms with Crippen LogP contribution in [-0.4, -0.2) is 29.2 Å². The SMILES string of the molecule is O=C(O)CCC(Cc1ccccc1)NC(=O)NC1CCC2(CC1)CC2. The molecule has 2 amide bonds. The molecule has 3 rings (SSSR count). The number of hydrogen-bond acceptors (Lipinski definition) is 2. The summed E-state index contributed by atoms with van der Waals surface area (Å²) in [7, 11) is 0. The largest absolute Gasteiger partial charge is 0.481 e. The predicted molar refractivity (Wildman–Crippen MR) is 96.4 cm³/mol. The first kappa shape index (κ1) is 17.8. The highest BCUT2D eigenvalue weighted by atomic mass is 16.4. The molecule has 0 aliphatic heterocycles. The summed E-state index contributed by atoms with van der Waals surface area (Å²) < 4.78 is 0. The van der Waals surface area contributed by atoms with Crippen molar-refractivity contribution in [1.29, 1.82) is 0 Å². The monoisotopic (exact) mass is 344 g/mol. The van der Waals surface area contributed by atoms with Gasteiger partial charge in [-0.2, -0.15) is 0 Å². The van der Waals surface area contributed by atoms with E-state index in [2.05, 4.69) is 10.6 Å². The lowest BCUT2D eigenvalue weighted by Gasteiger charge is -2.29. The van der Waals surface area contributed by atoms with Gasteiger partial charge < -0.3 is 15.7 Å². The summed E-state index contributed by atoms with van der Waals surface area (Å²) in [5.74, 6) is -0.831. The van der Waals surface area contributed by atoms with E-state index in [-0.39, 0.29) is 24.5 Å². The second-order valence-electron chi connectivity index (χ2n) is 7.71. The summed E-state index contributed by atoms with van der Waals surface area (Å²) in [4.78, 5) is 23.3. The highest BCUT2D eigenvalue weighted by Crippen LogP contribution is 2.56. The molecular formula is C20H28N2O3. The van der Waals surface area contributed by atoms with Crippen molar-refractivity contribution in [1.82, 2.24) is 10.6 Å². The first-order valence-corrected chi connectivity index (χ1v) is 9.37. The Morgan fingerprint density at radius 2 is 1.80 bits per heavy atom. The van der Waals surface area contributed by atoms with E-state index in [4.69, 9.17) is 5.11 Å². The molecular weight excluding hydrogens is 316 g/mol. The van der Waals surface area contributed by atoms with Crippen LogP contribution in [0.1, 0.15) is 56.9 Å². The third kappa shape index (κ3) is 5.48. The van der Waals surface area contributed by atoms with Crippen LogP contribution in [-0.2, 0) is 11.2 Å². The third-order valence-corrected chi connectivity index (χ3v) is 5.71. The second kappa shape index (κ2) is 7.89. The van der Waals surface area contributed by atoms with Crippen molar-refractivity contribution < 1.29 is 14.7 Å². The standard InChI is InChI=1S/C20H28N2O3/c23-18(24)7-6-17(14-15-4-2-1-3-5-15)22-19(25)21-16-8-10-20(11-9-16)12-13-20/h1-5,16-17H,6-14H2,(H,23,24)(H2,21,22,25). The number of carboxylic acid groups (broad SMARTS) is 1. The quantitative estimate of drug-likeness (QED) is 0.708. The number of rotatable bonds is 7. The second-order valence-corrected chi connectivity index (χ2v) is 7.71. The third-order valence-electron chi connectivity index (χ3n) is 5.71. The molecule has 0 aromatic heterocycles. The number of nitrogens with one attached hydrogen (secondary N) is 2. The Labute approximate surface area is 149 Å². The van der Waals surface area contributed by atoms with Crippen LogP contribution in [0, 0.1) is 5.41 Å². The molecule has 0 heterocycles. The minimum Gasteiger partial charge on any atom is -0.481 e. The van der Waals surface area contributed by atoms with Crippen LogP contribution in [0.5, 0.6) is 0 Å². The van der Waals surface area contributed by atoms with Crippen LogP contribution in [0.25, 0.3) is 0 Å². The molecule has 1 unspecified atom stereocenters. The Morgan fingerprint density at radius 3 is 2.40 bits per heavy atom. The van der Waals surface area contributed by atoms with E-state index in [9.17, 15) is 9.59 Å². The first-order chi connectivity index (χ1) is 12.0. The molecule has 0 saturated heterocycles. The van der Waals surface area contributed by atoms with Crippen LogP contribution in [0.15, 0.2) is 30.3 Å². The maximum absolute atomic E-state index is 12.4. The molecule has 5 heteroatoms. The van der Waals surface area contributed by atoms with E-state index in [1.54, 1.807) is 0 Å². The highest BCUT2D eigenvalue weighted by Gasteiger charge is 2.44. The lowest BCUT2D eigenvalue weighted by molar-refractivity contribution is -0.137. The number of carbonyl (C=O) groups excluding carboxylic acids is 1. The Kier molecular flexibility index (Phi) is 5.61. The minimum atomic E-state index is -0.831. The van der Waals surface area contributed by atoms with Gasteiger partial charge in [0.2, 0.25) is 0 Å². The summed E-state index contributed by atoms with van der Waals surface area (Å²) in [5, 5.41) is 15.0. The molecule has 136 valence electrons. The van der Waals surface area contributed by atoms with Gasteiger partial charge in [-0.15, -0.1) is 0 Å². The fourth-order valence-electron chi connectivity index (χ4n) is 3.89. The molecule has 2 aliphatic rings. The zero-order valence-electron chi connectivity index (χ0n) is 14.7. The van der Waals surface area contributed by atoms with E-state index in [1.165, 1.54) is 25.7 Å². The predicted octanol–water partition coefficient (Wildman–Crippen LogP) is 3.48. The van der Waals surface area contributed by atoms with Crippen molar-refractivity contribution in [3.63, 3.8) is 0 Å². The average Bonchev–Trinajstić information content (AvgIpc) is 3.35. The van der Waals surface area contributed by atoms with E-state index in [0.717, 1.165) is 18.4 Å². The number of benzene rings is 1. The molecule has 1 atom stereocenters. The fourth-order valence-corrected chi connectivity index (χ4v) is 3.89. The van der Waals surface area contributed by atoms with Gasteiger partial charge in [0.05, 0.1) is 0 Å². The van der Waals surface area contributed by atoms with Crippen LogP contribution in [0.4, 0.5) is 4.79 Å². The van der Waals surface area contributed by atoms with Crippen LogP contribution < -0.4 is 10.6 Å². The molecule has 2 saturated carbocycles. The van der Waals surface area contributed by atoms with E-state index < -0.39 is 5.97 Å². The smallest absolute Gasteiger partial charge is 0.315 e. The molecule has 2 aliphatic carbocycles. The summed E-state index contributed by atoms with van der Waals surface area (Å²) in [5.41, 5.74) is 1.72. The zero-order valence-corrected chi connectivity index (χ0v) is 14.7. The van der Waals surface area contributed by atoms with Gasteiger partial charge in [0.1, 0.15) is 0 Å². The average molecular weight is 344 g/mol. The van der Waals surface area contributed by atoms with Gasteiger partial charge in [0.25, 0.3) is 0 Å². The van der Waals surface area contributed by atoms with Gasteiger partial charge in [0, 0.05) is 18.5 Å². The first-order valence-electron chi connectivity index (χ1n) is 9.37. The topological polar surface area (TPSA) is 78.4 Å². The number of hydrogen-bond donors (Lipinski definition) is 3. The summed E-state index contributed by atoms with van der Waals surface area (Å²) in [6.07, 6.45) is 8.44. The molecule has 0 bridgehead atoms. The van der Waals surface area contributed by atoms with Crippen LogP contribution >= 0.6 is 0 Å². The Balaban J connectivity index is 1.49. The van der Waals surface area contributed by atoms with Gasteiger partial charge in [-0.1, -0.05) is 30.3 Å². The van der Waals surface area contributed by atoms with Crippen molar-refractivity contribution in [3.8, 4) is 0 Å². The van der Waals surface area contributed by atoms with Crippen molar-refractivity contribution in [3.05, 3.63) is 35.9 Å². The molecule has 1 spiro atoms. The minimum absolute atomic E-state index is 0.0593. The van der Waals surface area contributed by atoms with E-state index >= 15 is 0 Å². The van der Waals surface area contributed by atoms with Crippen molar-refractivity contribution in [2.45, 2.75) is 69.9 Å². The number of carboxylic acids is 1. The maximum Gasteiger partial charge on any atom is 0.315 e. The molecule has 0 radical (unpaired) electrons. The van der Waals surface area contributed by atoms with Gasteiger partial charge in [0.15, 0.2) is 0 Å². The summed E-state index contributed by atoms with van der Waals surface area (Å²) >= 11 is 0. The molecule has 3 N–H and O–H groups in total. The lowest BCUT2D eigenvalue weighted by Crippen LogP contribution is -2.48. The van der Waals surface area contributed by atoms with Gasteiger partial charge in [-0.3, -0.25) is 4.79 Å². The van der Waals surface area contributed by atoms with Crippen LogP contribution in [0.2, 0.25) is 0 Å². The van der Waals surface area contributed by atoms with Crippen molar-refractivity contribution >= 4 is 12.0 Å². The van der Waals surface area contributed by atoms with Crippen molar-refractivity contribution in [2.24, 2.45) is 5.41 Å². The Morgan fingerprint density at radius 1 is 1.12 bits per heavy atom. The fraction of sp³-hybridized carbons (Fsp3) is 0.600. The normalized spacial score (nSPS) is 20.0. The zero-order chi connectivity index (χ0) is 17.7. The Hall–Kier alpha value is -2.04. The molecule has 1 aromatic rings. The molecule has 25 heavy (non-hydrogen) atoms. The van der Waals surface area contributed by atoms with Crippen molar-refractivity contribution in [2.75, 3.05) is 0 Å². The number of urea groups is 1. The molecule has 5 nitrogen and oxygen atoms in total. The lowest BCUT2D eigenvalue weighted by atomic mass is 9.83. The van der Waals surface area contributed by atoms with Gasteiger partial charge >= 0.3 is 12.0 Å². The summed E-state index contributed by atoms with van der Waals surface area (Å²) in [6.45, 7) is 0. The Bertz CT molecular complexity index is 588. The molecule has 1 aromatic carbocycles. The molecule has 2 fully saturated rings. The summed E-state index contributed by atoms with van der Waals surface area (Å²) in [6, 6.07) is 9.79.